The summed E-state index contributed by atoms with van der Waals surface area (Å²) >= 11 is 1.72. The van der Waals surface area contributed by atoms with Crippen molar-refractivity contribution in [3.05, 3.63) is 46.1 Å². The third-order valence-electron chi connectivity index (χ3n) is 4.22. The van der Waals surface area contributed by atoms with Gasteiger partial charge in [-0.25, -0.2) is 4.98 Å². The van der Waals surface area contributed by atoms with Gasteiger partial charge < -0.3 is 19.8 Å². The minimum atomic E-state index is -0.0261. The van der Waals surface area contributed by atoms with Crippen LogP contribution < -0.4 is 15.4 Å². The highest BCUT2D eigenvalue weighted by atomic mass is 32.1. The molecule has 2 aromatic heterocycles. The molecule has 0 aliphatic rings. The number of aliphatic imine (C=N–C) groups is 1. The molecule has 3 aromatic rings. The van der Waals surface area contributed by atoms with Gasteiger partial charge >= 0.3 is 0 Å². The lowest BCUT2D eigenvalue weighted by Gasteiger charge is -2.16. The Morgan fingerprint density at radius 2 is 2.21 bits per heavy atom. The molecule has 3 rings (SSSR count). The summed E-state index contributed by atoms with van der Waals surface area (Å²) in [5.74, 6) is 2.40. The Bertz CT molecular complexity index is 932. The normalized spacial score (nSPS) is 12.9. The fraction of sp³-hybridized carbons (Fsp3) is 0.429. The van der Waals surface area contributed by atoms with Crippen molar-refractivity contribution in [2.24, 2.45) is 4.99 Å². The molecule has 0 aliphatic heterocycles. The number of hydrogen-bond acceptors (Lipinski definition) is 5. The molecule has 6 nitrogen and oxygen atoms in total. The van der Waals surface area contributed by atoms with E-state index in [0.717, 1.165) is 46.4 Å². The summed E-state index contributed by atoms with van der Waals surface area (Å²) in [6, 6.07) is 7.98. The Morgan fingerprint density at radius 3 is 2.93 bits per heavy atom. The highest BCUT2D eigenvalue weighted by molar-refractivity contribution is 7.11. The molecule has 2 heterocycles. The highest BCUT2D eigenvalue weighted by Gasteiger charge is 2.15. The minimum absolute atomic E-state index is 0.0261. The zero-order chi connectivity index (χ0) is 19.9. The number of hydrogen-bond donors (Lipinski definition) is 2. The second-order valence-corrected chi connectivity index (χ2v) is 7.82. The van der Waals surface area contributed by atoms with Crippen molar-refractivity contribution in [1.29, 1.82) is 0 Å². The van der Waals surface area contributed by atoms with Crippen LogP contribution in [0.2, 0.25) is 0 Å². The van der Waals surface area contributed by atoms with Gasteiger partial charge in [-0.3, -0.25) is 4.99 Å². The van der Waals surface area contributed by atoms with E-state index in [-0.39, 0.29) is 6.04 Å². The van der Waals surface area contributed by atoms with E-state index in [1.54, 1.807) is 11.3 Å². The second-order valence-electron chi connectivity index (χ2n) is 6.50. The molecule has 0 saturated carbocycles. The molecule has 7 heteroatoms. The van der Waals surface area contributed by atoms with Crippen LogP contribution in [0.1, 0.15) is 42.5 Å². The minimum Gasteiger partial charge on any atom is -0.490 e. The lowest BCUT2D eigenvalue weighted by atomic mass is 10.2. The summed E-state index contributed by atoms with van der Waals surface area (Å²) < 4.78 is 11.8. The molecule has 28 heavy (non-hydrogen) atoms. The Morgan fingerprint density at radius 1 is 1.36 bits per heavy atom. The van der Waals surface area contributed by atoms with Crippen LogP contribution in [0, 0.1) is 6.92 Å². The number of para-hydroxylation sites is 1. The fourth-order valence-corrected chi connectivity index (χ4v) is 3.69. The number of furan rings is 1. The Hall–Kier alpha value is -2.54. The molecule has 0 spiro atoms. The first kappa shape index (κ1) is 20.2. The van der Waals surface area contributed by atoms with Crippen LogP contribution in [0.15, 0.2) is 39.9 Å². The third-order valence-corrected chi connectivity index (χ3v) is 5.19. The van der Waals surface area contributed by atoms with E-state index in [0.29, 0.717) is 13.2 Å². The molecule has 0 saturated heterocycles. The summed E-state index contributed by atoms with van der Waals surface area (Å²) in [6.45, 7) is 10.3. The van der Waals surface area contributed by atoms with E-state index in [2.05, 4.69) is 47.4 Å². The summed E-state index contributed by atoms with van der Waals surface area (Å²) in [7, 11) is 0. The number of nitrogens with zero attached hydrogens (tertiary/aromatic N) is 2. The molecule has 1 unspecified atom stereocenters. The summed E-state index contributed by atoms with van der Waals surface area (Å²) in [5.41, 5.74) is 0.786. The Balaban J connectivity index is 1.69. The van der Waals surface area contributed by atoms with Gasteiger partial charge in [0.05, 0.1) is 17.7 Å². The number of thiazole rings is 1. The first-order valence-corrected chi connectivity index (χ1v) is 10.5. The summed E-state index contributed by atoms with van der Waals surface area (Å²) in [4.78, 5) is 10.3. The molecule has 2 N–H and O–H groups in total. The lowest BCUT2D eigenvalue weighted by molar-refractivity contribution is 0.336. The number of aryl methyl sites for hydroxylation is 1. The van der Waals surface area contributed by atoms with Crippen molar-refractivity contribution in [1.82, 2.24) is 15.6 Å². The van der Waals surface area contributed by atoms with Crippen LogP contribution in [-0.2, 0) is 6.42 Å². The van der Waals surface area contributed by atoms with Crippen molar-refractivity contribution in [3.8, 4) is 5.75 Å². The summed E-state index contributed by atoms with van der Waals surface area (Å²) in [5, 5.41) is 8.88. The molecule has 0 bridgehead atoms. The highest BCUT2D eigenvalue weighted by Crippen LogP contribution is 2.31. The quantitative estimate of drug-likeness (QED) is 0.432. The average molecular weight is 401 g/mol. The first-order valence-electron chi connectivity index (χ1n) is 9.72. The maximum Gasteiger partial charge on any atom is 0.191 e. The second kappa shape index (κ2) is 9.59. The number of aromatic nitrogens is 1. The molecule has 1 aromatic carbocycles. The predicted octanol–water partition coefficient (Wildman–Crippen LogP) is 4.46. The van der Waals surface area contributed by atoms with Crippen LogP contribution in [0.25, 0.3) is 11.0 Å². The van der Waals surface area contributed by atoms with E-state index < -0.39 is 0 Å². The van der Waals surface area contributed by atoms with Crippen molar-refractivity contribution in [2.75, 3.05) is 19.7 Å². The van der Waals surface area contributed by atoms with Gasteiger partial charge in [0.1, 0.15) is 5.76 Å². The Kier molecular flexibility index (Phi) is 6.92. The largest absolute Gasteiger partial charge is 0.490 e. The molecule has 1 atom stereocenters. The topological polar surface area (TPSA) is 71.7 Å². The molecule has 0 fully saturated rings. The van der Waals surface area contributed by atoms with Gasteiger partial charge in [-0.2, -0.15) is 0 Å². The van der Waals surface area contributed by atoms with Gasteiger partial charge in [0.15, 0.2) is 17.3 Å². The fourth-order valence-electron chi connectivity index (χ4n) is 2.92. The lowest BCUT2D eigenvalue weighted by Crippen LogP contribution is -2.38. The molecular formula is C21H28N4O2S. The van der Waals surface area contributed by atoms with Crippen LogP contribution in [0.3, 0.4) is 0 Å². The zero-order valence-electron chi connectivity index (χ0n) is 16.9. The van der Waals surface area contributed by atoms with Crippen molar-refractivity contribution < 1.29 is 9.15 Å². The maximum absolute atomic E-state index is 6.09. The number of benzene rings is 1. The van der Waals surface area contributed by atoms with E-state index in [9.17, 15) is 0 Å². The van der Waals surface area contributed by atoms with Gasteiger partial charge in [-0.05, 0) is 39.8 Å². The van der Waals surface area contributed by atoms with E-state index in [1.165, 1.54) is 4.88 Å². The molecular weight excluding hydrogens is 372 g/mol. The third kappa shape index (κ3) is 5.04. The number of guanidine groups is 1. The van der Waals surface area contributed by atoms with Gasteiger partial charge in [0, 0.05) is 36.0 Å². The van der Waals surface area contributed by atoms with Crippen LogP contribution in [0.4, 0.5) is 0 Å². The standard InChI is InChI=1S/C21H28N4O2S/c1-5-22-21(23-11-10-19-24-13-14(3)28-19)25-15(4)18-12-16-8-7-9-17(26-6-2)20(16)27-18/h7-9,12-13,15H,5-6,10-11H2,1-4H3,(H2,22,23,25). The summed E-state index contributed by atoms with van der Waals surface area (Å²) in [6.07, 6.45) is 2.75. The maximum atomic E-state index is 6.09. The van der Waals surface area contributed by atoms with Crippen LogP contribution in [-0.4, -0.2) is 30.6 Å². The molecule has 150 valence electrons. The number of ether oxygens (including phenoxy) is 1. The van der Waals surface area contributed by atoms with Crippen molar-refractivity contribution >= 4 is 28.3 Å². The van der Waals surface area contributed by atoms with Gasteiger partial charge in [0.2, 0.25) is 0 Å². The molecule has 0 radical (unpaired) electrons. The molecule has 0 aliphatic carbocycles. The monoisotopic (exact) mass is 400 g/mol. The van der Waals surface area contributed by atoms with Gasteiger partial charge in [-0.15, -0.1) is 11.3 Å². The van der Waals surface area contributed by atoms with E-state index in [1.807, 2.05) is 31.3 Å². The number of nitrogens with one attached hydrogen (secondary N) is 2. The van der Waals surface area contributed by atoms with Gasteiger partial charge in [-0.1, -0.05) is 12.1 Å². The van der Waals surface area contributed by atoms with E-state index >= 15 is 0 Å². The van der Waals surface area contributed by atoms with E-state index in [4.69, 9.17) is 9.15 Å². The van der Waals surface area contributed by atoms with Crippen molar-refractivity contribution in [3.63, 3.8) is 0 Å². The predicted molar refractivity (Wildman–Crippen MR) is 115 cm³/mol. The average Bonchev–Trinajstić information content (AvgIpc) is 3.29. The van der Waals surface area contributed by atoms with Crippen LogP contribution >= 0.6 is 11.3 Å². The Labute approximate surface area is 170 Å². The number of fused-ring (bicyclic) bond motifs is 1. The zero-order valence-corrected chi connectivity index (χ0v) is 17.7. The van der Waals surface area contributed by atoms with Gasteiger partial charge in [0.25, 0.3) is 0 Å². The van der Waals surface area contributed by atoms with Crippen molar-refractivity contribution in [2.45, 2.75) is 40.2 Å². The van der Waals surface area contributed by atoms with Crippen LogP contribution in [0.5, 0.6) is 5.75 Å². The number of rotatable bonds is 8. The molecule has 0 amide bonds. The smallest absolute Gasteiger partial charge is 0.191 e. The first-order chi connectivity index (χ1) is 13.6. The SMILES string of the molecule is CCNC(=NCCc1ncc(C)s1)NC(C)c1cc2cccc(OCC)c2o1.